The Morgan fingerprint density at radius 2 is 1.93 bits per heavy atom. The molecule has 1 unspecified atom stereocenters. The molecule has 1 saturated carbocycles. The maximum Gasteiger partial charge on any atom is 0.225 e. The van der Waals surface area contributed by atoms with Crippen molar-refractivity contribution in [2.75, 3.05) is 0 Å². The van der Waals surface area contributed by atoms with E-state index in [0.717, 1.165) is 11.7 Å². The maximum atomic E-state index is 6.05. The van der Waals surface area contributed by atoms with Crippen LogP contribution in [0.15, 0.2) is 0 Å². The van der Waals surface area contributed by atoms with E-state index in [4.69, 9.17) is 11.6 Å². The molecular weight excluding hydrogens is 210 g/mol. The molecule has 2 rings (SSSR count). The molecule has 1 heterocycles. The summed E-state index contributed by atoms with van der Waals surface area (Å²) in [6.45, 7) is 4.20. The van der Waals surface area contributed by atoms with E-state index >= 15 is 0 Å². The Hall–Kier alpha value is -0.570. The first-order valence-corrected chi connectivity index (χ1v) is 6.15. The molecule has 0 bridgehead atoms. The third-order valence-electron chi connectivity index (χ3n) is 3.56. The molecule has 3 nitrogen and oxygen atoms in total. The maximum absolute atomic E-state index is 6.05. The lowest BCUT2D eigenvalue weighted by Crippen LogP contribution is -2.20. The van der Waals surface area contributed by atoms with Crippen LogP contribution in [0.2, 0.25) is 5.28 Å². The second-order valence-corrected chi connectivity index (χ2v) is 4.86. The van der Waals surface area contributed by atoms with Gasteiger partial charge in [0.25, 0.3) is 0 Å². The van der Waals surface area contributed by atoms with E-state index in [9.17, 15) is 0 Å². The van der Waals surface area contributed by atoms with Crippen LogP contribution in [0.4, 0.5) is 0 Å². The van der Waals surface area contributed by atoms with Gasteiger partial charge in [-0.2, -0.15) is 0 Å². The number of rotatable bonds is 2. The predicted molar refractivity (Wildman–Crippen MR) is 61.1 cm³/mol. The number of hydrogen-bond donors (Lipinski definition) is 0. The van der Waals surface area contributed by atoms with Gasteiger partial charge in [0.15, 0.2) is 0 Å². The number of nitrogens with zero attached hydrogens (tertiary/aromatic N) is 3. The Labute approximate surface area is 95.8 Å². The summed E-state index contributed by atoms with van der Waals surface area (Å²) < 4.78 is 2.07. The molecule has 1 aliphatic carbocycles. The minimum Gasteiger partial charge on any atom is -0.299 e. The fraction of sp³-hybridized carbons (Fsp3) is 0.818. The van der Waals surface area contributed by atoms with Crippen LogP contribution in [0, 0.1) is 12.8 Å². The molecule has 0 spiro atoms. The molecule has 15 heavy (non-hydrogen) atoms. The van der Waals surface area contributed by atoms with Gasteiger partial charge in [-0.25, -0.2) is 0 Å². The molecule has 0 saturated heterocycles. The van der Waals surface area contributed by atoms with Crippen molar-refractivity contribution in [2.24, 2.45) is 5.92 Å². The van der Waals surface area contributed by atoms with Crippen molar-refractivity contribution < 1.29 is 0 Å². The van der Waals surface area contributed by atoms with Crippen molar-refractivity contribution in [1.29, 1.82) is 0 Å². The molecular formula is C11H18ClN3. The van der Waals surface area contributed by atoms with Gasteiger partial charge >= 0.3 is 0 Å². The van der Waals surface area contributed by atoms with E-state index in [0.29, 0.717) is 11.3 Å². The van der Waals surface area contributed by atoms with Crippen LogP contribution >= 0.6 is 11.6 Å². The molecule has 84 valence electrons. The van der Waals surface area contributed by atoms with Crippen molar-refractivity contribution in [2.45, 2.75) is 52.0 Å². The van der Waals surface area contributed by atoms with Gasteiger partial charge in [-0.05, 0) is 44.2 Å². The Morgan fingerprint density at radius 3 is 2.47 bits per heavy atom. The highest BCUT2D eigenvalue weighted by molar-refractivity contribution is 6.28. The smallest absolute Gasteiger partial charge is 0.225 e. The van der Waals surface area contributed by atoms with Crippen molar-refractivity contribution >= 4 is 11.6 Å². The zero-order chi connectivity index (χ0) is 10.8. The summed E-state index contributed by atoms with van der Waals surface area (Å²) in [5.41, 5.74) is 0. The Bertz CT molecular complexity index is 309. The number of halogens is 1. The van der Waals surface area contributed by atoms with Crippen LogP contribution in [-0.4, -0.2) is 14.8 Å². The molecule has 1 aromatic rings. The summed E-state index contributed by atoms with van der Waals surface area (Å²) in [7, 11) is 0. The SMILES string of the molecule is Cc1nnc(Cl)n1C(C)C1CCCCC1. The molecule has 0 aromatic carbocycles. The third kappa shape index (κ3) is 2.17. The predicted octanol–water partition coefficient (Wildman–Crippen LogP) is 3.38. The zero-order valence-electron chi connectivity index (χ0n) is 9.41. The van der Waals surface area contributed by atoms with E-state index in [2.05, 4.69) is 21.7 Å². The van der Waals surface area contributed by atoms with Crippen molar-refractivity contribution in [1.82, 2.24) is 14.8 Å². The molecule has 1 aliphatic rings. The van der Waals surface area contributed by atoms with Gasteiger partial charge in [-0.15, -0.1) is 10.2 Å². The fourth-order valence-corrected chi connectivity index (χ4v) is 2.95. The lowest BCUT2D eigenvalue weighted by atomic mass is 9.84. The summed E-state index contributed by atoms with van der Waals surface area (Å²) in [6, 6.07) is 0.438. The molecule has 0 amide bonds. The second-order valence-electron chi connectivity index (χ2n) is 4.52. The van der Waals surface area contributed by atoms with E-state index in [1.165, 1.54) is 32.1 Å². The van der Waals surface area contributed by atoms with Crippen LogP contribution in [0.5, 0.6) is 0 Å². The number of aryl methyl sites for hydroxylation is 1. The molecule has 0 radical (unpaired) electrons. The fourth-order valence-electron chi connectivity index (χ4n) is 2.63. The molecule has 1 atom stereocenters. The lowest BCUT2D eigenvalue weighted by molar-refractivity contribution is 0.261. The molecule has 0 aliphatic heterocycles. The first kappa shape index (κ1) is 10.9. The van der Waals surface area contributed by atoms with Crippen LogP contribution in [0.3, 0.4) is 0 Å². The van der Waals surface area contributed by atoms with Crippen LogP contribution < -0.4 is 0 Å². The van der Waals surface area contributed by atoms with Crippen molar-refractivity contribution in [3.63, 3.8) is 0 Å². The number of hydrogen-bond acceptors (Lipinski definition) is 2. The molecule has 1 aromatic heterocycles. The highest BCUT2D eigenvalue weighted by Gasteiger charge is 2.24. The molecule has 4 heteroatoms. The highest BCUT2D eigenvalue weighted by Crippen LogP contribution is 2.34. The number of aromatic nitrogens is 3. The van der Waals surface area contributed by atoms with Gasteiger partial charge in [0.1, 0.15) is 5.82 Å². The summed E-state index contributed by atoms with van der Waals surface area (Å²) in [5, 5.41) is 8.46. The normalized spacial score (nSPS) is 20.5. The first-order chi connectivity index (χ1) is 7.20. The van der Waals surface area contributed by atoms with Crippen molar-refractivity contribution in [3.8, 4) is 0 Å². The summed E-state index contributed by atoms with van der Waals surface area (Å²) in [6.07, 6.45) is 6.73. The Kier molecular flexibility index (Phi) is 3.29. The molecule has 1 fully saturated rings. The average molecular weight is 228 g/mol. The van der Waals surface area contributed by atoms with Gasteiger partial charge in [-0.1, -0.05) is 19.3 Å². The minimum atomic E-state index is 0.438. The quantitative estimate of drug-likeness (QED) is 0.776. The van der Waals surface area contributed by atoms with Crippen molar-refractivity contribution in [3.05, 3.63) is 11.1 Å². The summed E-state index contributed by atoms with van der Waals surface area (Å²) in [4.78, 5) is 0. The Morgan fingerprint density at radius 1 is 1.27 bits per heavy atom. The summed E-state index contributed by atoms with van der Waals surface area (Å²) >= 11 is 6.05. The highest BCUT2D eigenvalue weighted by atomic mass is 35.5. The van der Waals surface area contributed by atoms with Crippen LogP contribution in [0.1, 0.15) is 50.9 Å². The van der Waals surface area contributed by atoms with Gasteiger partial charge in [0.05, 0.1) is 0 Å². The van der Waals surface area contributed by atoms with E-state index in [-0.39, 0.29) is 0 Å². The molecule has 0 N–H and O–H groups in total. The average Bonchev–Trinajstić information content (AvgIpc) is 2.59. The van der Waals surface area contributed by atoms with Gasteiger partial charge in [0, 0.05) is 6.04 Å². The second kappa shape index (κ2) is 4.52. The van der Waals surface area contributed by atoms with E-state index in [1.807, 2.05) is 6.92 Å². The van der Waals surface area contributed by atoms with Crippen LogP contribution in [0.25, 0.3) is 0 Å². The lowest BCUT2D eigenvalue weighted by Gasteiger charge is -2.29. The monoisotopic (exact) mass is 227 g/mol. The van der Waals surface area contributed by atoms with E-state index < -0.39 is 0 Å². The van der Waals surface area contributed by atoms with Crippen LogP contribution in [-0.2, 0) is 0 Å². The summed E-state index contributed by atoms with van der Waals surface area (Å²) in [5.74, 6) is 1.67. The van der Waals surface area contributed by atoms with Gasteiger partial charge in [-0.3, -0.25) is 4.57 Å². The first-order valence-electron chi connectivity index (χ1n) is 5.77. The largest absolute Gasteiger partial charge is 0.299 e. The zero-order valence-corrected chi connectivity index (χ0v) is 10.2. The minimum absolute atomic E-state index is 0.438. The topological polar surface area (TPSA) is 30.7 Å². The Balaban J connectivity index is 2.15. The standard InChI is InChI=1S/C11H18ClN3/c1-8(10-6-4-3-5-7-10)15-9(2)13-14-11(15)12/h8,10H,3-7H2,1-2H3. The van der Waals surface area contributed by atoms with E-state index in [1.54, 1.807) is 0 Å². The van der Waals surface area contributed by atoms with Gasteiger partial charge in [0.2, 0.25) is 5.28 Å². The van der Waals surface area contributed by atoms with Gasteiger partial charge < -0.3 is 0 Å². The third-order valence-corrected chi connectivity index (χ3v) is 3.82.